The Labute approximate surface area is 158 Å². The molecule has 0 bridgehead atoms. The lowest BCUT2D eigenvalue weighted by molar-refractivity contribution is 0.0905. The summed E-state index contributed by atoms with van der Waals surface area (Å²) in [5, 5.41) is 31.5. The molecule has 0 aliphatic carbocycles. The molecule has 2 N–H and O–H groups in total. The summed E-state index contributed by atoms with van der Waals surface area (Å²) >= 11 is 0. The molecule has 27 heavy (non-hydrogen) atoms. The lowest BCUT2D eigenvalue weighted by Gasteiger charge is -2.26. The first kappa shape index (κ1) is 17.6. The molecule has 1 atom stereocenters. The van der Waals surface area contributed by atoms with Crippen LogP contribution in [0.1, 0.15) is 57.3 Å². The van der Waals surface area contributed by atoms with Gasteiger partial charge in [-0.05, 0) is 26.7 Å². The SMILES string of the molecule is CCCCCc1cn(C2c3c(c(O)c4ccccc4c3O)OC2(C)C)nn1. The van der Waals surface area contributed by atoms with Crippen molar-refractivity contribution in [3.63, 3.8) is 0 Å². The number of aryl methyl sites for hydroxylation is 1. The fraction of sp³-hybridized carbons (Fsp3) is 0.429. The molecule has 3 aromatic rings. The van der Waals surface area contributed by atoms with E-state index in [4.69, 9.17) is 4.74 Å². The van der Waals surface area contributed by atoms with E-state index in [0.717, 1.165) is 31.4 Å². The minimum absolute atomic E-state index is 0.0530. The maximum Gasteiger partial charge on any atom is 0.171 e. The van der Waals surface area contributed by atoms with Crippen LogP contribution in [0.25, 0.3) is 10.8 Å². The van der Waals surface area contributed by atoms with E-state index in [1.54, 1.807) is 16.8 Å². The number of phenolic OH excluding ortho intramolecular Hbond substituents is 2. The molecule has 1 aliphatic heterocycles. The van der Waals surface area contributed by atoms with Gasteiger partial charge in [0.25, 0.3) is 0 Å². The van der Waals surface area contributed by atoms with Gasteiger partial charge < -0.3 is 14.9 Å². The van der Waals surface area contributed by atoms with Crippen molar-refractivity contribution in [2.45, 2.75) is 58.1 Å². The lowest BCUT2D eigenvalue weighted by atomic mass is 9.91. The summed E-state index contributed by atoms with van der Waals surface area (Å²) in [6.07, 6.45) is 6.20. The highest BCUT2D eigenvalue weighted by Gasteiger charge is 2.47. The highest BCUT2D eigenvalue weighted by Crippen LogP contribution is 2.56. The van der Waals surface area contributed by atoms with Gasteiger partial charge in [0.2, 0.25) is 0 Å². The molecule has 4 rings (SSSR count). The number of aromatic nitrogens is 3. The van der Waals surface area contributed by atoms with Crippen molar-refractivity contribution in [1.29, 1.82) is 0 Å². The van der Waals surface area contributed by atoms with Crippen LogP contribution >= 0.6 is 0 Å². The van der Waals surface area contributed by atoms with Crippen molar-refractivity contribution in [1.82, 2.24) is 15.0 Å². The van der Waals surface area contributed by atoms with Gasteiger partial charge >= 0.3 is 0 Å². The van der Waals surface area contributed by atoms with Crippen molar-refractivity contribution in [3.8, 4) is 17.2 Å². The summed E-state index contributed by atoms with van der Waals surface area (Å²) < 4.78 is 7.84. The summed E-state index contributed by atoms with van der Waals surface area (Å²) in [5.41, 5.74) is 0.793. The zero-order valence-corrected chi connectivity index (χ0v) is 15.9. The zero-order chi connectivity index (χ0) is 19.2. The van der Waals surface area contributed by atoms with Crippen LogP contribution in [0, 0.1) is 0 Å². The van der Waals surface area contributed by atoms with E-state index in [1.165, 1.54) is 0 Å². The van der Waals surface area contributed by atoms with Crippen molar-refractivity contribution in [2.75, 3.05) is 0 Å². The highest BCUT2D eigenvalue weighted by atomic mass is 16.5. The van der Waals surface area contributed by atoms with Crippen molar-refractivity contribution in [2.24, 2.45) is 0 Å². The molecule has 6 heteroatoms. The summed E-state index contributed by atoms with van der Waals surface area (Å²) in [5.74, 6) is 0.499. The van der Waals surface area contributed by atoms with Gasteiger partial charge in [-0.3, -0.25) is 0 Å². The van der Waals surface area contributed by atoms with Crippen LogP contribution in [0.2, 0.25) is 0 Å². The van der Waals surface area contributed by atoms with E-state index in [2.05, 4.69) is 17.2 Å². The Balaban J connectivity index is 1.82. The topological polar surface area (TPSA) is 80.4 Å². The van der Waals surface area contributed by atoms with Gasteiger partial charge in [0.05, 0.1) is 11.3 Å². The first-order chi connectivity index (χ1) is 12.9. The minimum Gasteiger partial charge on any atom is -0.507 e. The molecule has 2 aromatic carbocycles. The number of hydrogen-bond donors (Lipinski definition) is 2. The van der Waals surface area contributed by atoms with Crippen molar-refractivity contribution >= 4 is 10.8 Å². The first-order valence-corrected chi connectivity index (χ1v) is 9.50. The Morgan fingerprint density at radius 3 is 2.52 bits per heavy atom. The third-order valence-electron chi connectivity index (χ3n) is 5.31. The molecule has 0 radical (unpaired) electrons. The zero-order valence-electron chi connectivity index (χ0n) is 15.9. The lowest BCUT2D eigenvalue weighted by Crippen LogP contribution is -2.35. The molecule has 0 fully saturated rings. The normalized spacial score (nSPS) is 17.8. The molecule has 1 unspecified atom stereocenters. The Morgan fingerprint density at radius 2 is 1.81 bits per heavy atom. The third-order valence-corrected chi connectivity index (χ3v) is 5.31. The van der Waals surface area contributed by atoms with E-state index in [-0.39, 0.29) is 17.5 Å². The third kappa shape index (κ3) is 2.80. The van der Waals surface area contributed by atoms with Gasteiger partial charge in [-0.2, -0.15) is 0 Å². The molecule has 2 heterocycles. The van der Waals surface area contributed by atoms with Crippen molar-refractivity contribution in [3.05, 3.63) is 41.7 Å². The molecule has 0 saturated heterocycles. The Morgan fingerprint density at radius 1 is 1.11 bits per heavy atom. The predicted molar refractivity (Wildman–Crippen MR) is 103 cm³/mol. The fourth-order valence-electron chi connectivity index (χ4n) is 3.98. The molecular weight excluding hydrogens is 342 g/mol. The molecule has 0 amide bonds. The minimum atomic E-state index is -0.691. The molecule has 0 saturated carbocycles. The standard InChI is InChI=1S/C21H25N3O3/c1-4-5-6-9-13-12-24(23-22-13)20-16-17(25)14-10-7-8-11-15(14)18(26)19(16)27-21(20,2)3/h7-8,10-12,20,25-26H,4-6,9H2,1-3H3. The van der Waals surface area contributed by atoms with Crippen LogP contribution in [0.5, 0.6) is 17.2 Å². The molecule has 0 spiro atoms. The molecule has 142 valence electrons. The number of hydrogen-bond acceptors (Lipinski definition) is 5. The van der Waals surface area contributed by atoms with Gasteiger partial charge in [-0.25, -0.2) is 4.68 Å². The van der Waals surface area contributed by atoms with Gasteiger partial charge in [0.15, 0.2) is 11.5 Å². The Hall–Kier alpha value is -2.76. The number of nitrogens with zero attached hydrogens (tertiary/aromatic N) is 3. The second-order valence-electron chi connectivity index (χ2n) is 7.74. The maximum absolute atomic E-state index is 11.0. The van der Waals surface area contributed by atoms with E-state index >= 15 is 0 Å². The van der Waals surface area contributed by atoms with E-state index < -0.39 is 5.60 Å². The Bertz CT molecular complexity index is 994. The maximum atomic E-state index is 11.0. The smallest absolute Gasteiger partial charge is 0.171 e. The van der Waals surface area contributed by atoms with Crippen LogP contribution in [0.3, 0.4) is 0 Å². The van der Waals surface area contributed by atoms with Crippen LogP contribution in [0.15, 0.2) is 30.5 Å². The fourth-order valence-corrected chi connectivity index (χ4v) is 3.98. The highest BCUT2D eigenvalue weighted by molar-refractivity contribution is 5.97. The summed E-state index contributed by atoms with van der Waals surface area (Å²) in [7, 11) is 0. The summed E-state index contributed by atoms with van der Waals surface area (Å²) in [6.45, 7) is 6.03. The van der Waals surface area contributed by atoms with E-state index in [1.807, 2.05) is 32.2 Å². The summed E-state index contributed by atoms with van der Waals surface area (Å²) in [6, 6.07) is 6.85. The molecular formula is C21H25N3O3. The number of ether oxygens (including phenoxy) is 1. The van der Waals surface area contributed by atoms with Crippen molar-refractivity contribution < 1.29 is 14.9 Å². The number of benzene rings is 2. The quantitative estimate of drug-likeness (QED) is 0.518. The second kappa shape index (κ2) is 6.44. The van der Waals surface area contributed by atoms with Gasteiger partial charge in [-0.1, -0.05) is 49.2 Å². The van der Waals surface area contributed by atoms with Crippen LogP contribution < -0.4 is 4.74 Å². The number of rotatable bonds is 5. The second-order valence-corrected chi connectivity index (χ2v) is 7.74. The first-order valence-electron chi connectivity index (χ1n) is 9.50. The van der Waals surface area contributed by atoms with Gasteiger partial charge in [0.1, 0.15) is 17.4 Å². The van der Waals surface area contributed by atoms with E-state index in [0.29, 0.717) is 22.1 Å². The van der Waals surface area contributed by atoms with Crippen LogP contribution in [-0.4, -0.2) is 30.8 Å². The number of aromatic hydroxyl groups is 2. The average Bonchev–Trinajstić information content (AvgIpc) is 3.21. The Kier molecular flexibility index (Phi) is 4.21. The number of phenols is 2. The van der Waals surface area contributed by atoms with Crippen LogP contribution in [-0.2, 0) is 6.42 Å². The van der Waals surface area contributed by atoms with Crippen LogP contribution in [0.4, 0.5) is 0 Å². The predicted octanol–water partition coefficient (Wildman–Crippen LogP) is 4.34. The largest absolute Gasteiger partial charge is 0.507 e. The van der Waals surface area contributed by atoms with Gasteiger partial charge in [-0.15, -0.1) is 5.10 Å². The summed E-state index contributed by atoms with van der Waals surface area (Å²) in [4.78, 5) is 0. The monoisotopic (exact) mass is 367 g/mol. The number of fused-ring (bicyclic) bond motifs is 2. The molecule has 1 aromatic heterocycles. The van der Waals surface area contributed by atoms with Gasteiger partial charge in [0, 0.05) is 17.0 Å². The number of unbranched alkanes of at least 4 members (excludes halogenated alkanes) is 2. The average molecular weight is 367 g/mol. The van der Waals surface area contributed by atoms with E-state index in [9.17, 15) is 10.2 Å². The molecule has 1 aliphatic rings. The molecule has 6 nitrogen and oxygen atoms in total.